The minimum atomic E-state index is -4.86. The number of aryl methyl sites for hydroxylation is 1. The highest BCUT2D eigenvalue weighted by Gasteiger charge is 2.44. The summed E-state index contributed by atoms with van der Waals surface area (Å²) in [5, 5.41) is 20.6. The number of anilines is 1. The van der Waals surface area contributed by atoms with Crippen LogP contribution in [0.4, 0.5) is 23.2 Å². The number of rotatable bonds is 5. The van der Waals surface area contributed by atoms with Crippen molar-refractivity contribution in [2.24, 2.45) is 7.05 Å². The summed E-state index contributed by atoms with van der Waals surface area (Å²) in [6.07, 6.45) is -4.00. The molecule has 1 amide bonds. The van der Waals surface area contributed by atoms with Crippen molar-refractivity contribution < 1.29 is 30.8 Å². The minimum absolute atomic E-state index is 0.0136. The molecular weight excluding hydrogens is 442 g/mol. The fraction of sp³-hybridized carbons (Fsp3) is 0.278. The molecule has 0 spiro atoms. The number of benzene rings is 1. The lowest BCUT2D eigenvalue weighted by Gasteiger charge is -2.25. The van der Waals surface area contributed by atoms with Crippen molar-refractivity contribution in [2.45, 2.75) is 24.0 Å². The Hall–Kier alpha value is -3.42. The van der Waals surface area contributed by atoms with Crippen LogP contribution in [0, 0.1) is 28.5 Å². The van der Waals surface area contributed by atoms with E-state index < -0.39 is 50.1 Å². The van der Waals surface area contributed by atoms with Crippen LogP contribution in [0.15, 0.2) is 29.3 Å². The van der Waals surface area contributed by atoms with Crippen LogP contribution in [0.25, 0.3) is 0 Å². The van der Waals surface area contributed by atoms with Gasteiger partial charge in [0.25, 0.3) is 5.91 Å². The Labute approximate surface area is 175 Å². The molecule has 1 atom stereocenters. The van der Waals surface area contributed by atoms with Gasteiger partial charge in [0.2, 0.25) is 10.0 Å². The van der Waals surface area contributed by atoms with Gasteiger partial charge in [-0.05, 0) is 25.1 Å². The van der Waals surface area contributed by atoms with Crippen LogP contribution < -0.4 is 5.32 Å². The maximum absolute atomic E-state index is 13.4. The lowest BCUT2D eigenvalue weighted by atomic mass is 10.2. The molecule has 0 aliphatic rings. The highest BCUT2D eigenvalue weighted by atomic mass is 32.2. The SMILES string of the molecule is C[C@@H](N(C)S(=O)(=O)c1cn(C)c(C(=O)Nc2ccc(F)c(C#N)c2)c1C#N)C(F)(F)F. The van der Waals surface area contributed by atoms with Gasteiger partial charge in [0.15, 0.2) is 0 Å². The van der Waals surface area contributed by atoms with Crippen molar-refractivity contribution in [1.29, 1.82) is 10.5 Å². The Morgan fingerprint density at radius 2 is 1.87 bits per heavy atom. The number of nitriles is 2. The molecule has 0 bridgehead atoms. The fourth-order valence-electron chi connectivity index (χ4n) is 2.62. The molecule has 0 saturated carbocycles. The molecule has 1 aromatic carbocycles. The number of hydrogen-bond acceptors (Lipinski definition) is 5. The van der Waals surface area contributed by atoms with Gasteiger partial charge in [-0.25, -0.2) is 12.8 Å². The number of halogens is 4. The third-order valence-corrected chi connectivity index (χ3v) is 6.43. The molecule has 2 rings (SSSR count). The predicted octanol–water partition coefficient (Wildman–Crippen LogP) is 2.73. The molecule has 31 heavy (non-hydrogen) atoms. The van der Waals surface area contributed by atoms with Crippen molar-refractivity contribution in [3.63, 3.8) is 0 Å². The van der Waals surface area contributed by atoms with Crippen LogP contribution in [-0.4, -0.2) is 42.5 Å². The average Bonchev–Trinajstić information content (AvgIpc) is 3.04. The van der Waals surface area contributed by atoms with Crippen LogP contribution in [0.3, 0.4) is 0 Å². The standard InChI is InChI=1S/C18H15F4N5O3S/c1-10(18(20,21)22)27(3)31(29,30)15-9-26(2)16(13(15)8-24)17(28)25-12-4-5-14(19)11(6-12)7-23/h4-6,9-10H,1-3H3,(H,25,28)/t10-/m1/s1. The van der Waals surface area contributed by atoms with Gasteiger partial charge in [-0.3, -0.25) is 4.79 Å². The van der Waals surface area contributed by atoms with Crippen LogP contribution in [0.2, 0.25) is 0 Å². The number of carbonyl (C=O) groups excluding carboxylic acids is 1. The van der Waals surface area contributed by atoms with Crippen LogP contribution in [-0.2, 0) is 17.1 Å². The summed E-state index contributed by atoms with van der Waals surface area (Å²) in [5.74, 6) is -1.81. The molecule has 164 valence electrons. The van der Waals surface area contributed by atoms with E-state index in [1.807, 2.05) is 0 Å². The first-order valence-corrected chi connectivity index (χ1v) is 9.84. The normalized spacial score (nSPS) is 12.8. The van der Waals surface area contributed by atoms with Gasteiger partial charge in [0, 0.05) is 26.0 Å². The van der Waals surface area contributed by atoms with E-state index in [-0.39, 0.29) is 15.6 Å². The van der Waals surface area contributed by atoms with Crippen LogP contribution >= 0.6 is 0 Å². The van der Waals surface area contributed by atoms with Crippen molar-refractivity contribution in [2.75, 3.05) is 12.4 Å². The van der Waals surface area contributed by atoms with Gasteiger partial charge in [0.1, 0.15) is 40.2 Å². The number of nitrogens with zero attached hydrogens (tertiary/aromatic N) is 4. The van der Waals surface area contributed by atoms with E-state index in [1.54, 1.807) is 12.1 Å². The number of alkyl halides is 3. The number of carbonyl (C=O) groups is 1. The molecule has 0 aliphatic carbocycles. The Balaban J connectivity index is 2.50. The first kappa shape index (κ1) is 23.9. The van der Waals surface area contributed by atoms with Crippen molar-refractivity contribution >= 4 is 21.6 Å². The zero-order valence-corrected chi connectivity index (χ0v) is 17.1. The summed E-state index contributed by atoms with van der Waals surface area (Å²) < 4.78 is 78.9. The van der Waals surface area contributed by atoms with Gasteiger partial charge in [-0.2, -0.15) is 28.0 Å². The molecule has 13 heteroatoms. The fourth-order valence-corrected chi connectivity index (χ4v) is 4.16. The van der Waals surface area contributed by atoms with Crippen molar-refractivity contribution in [3.05, 3.63) is 47.0 Å². The summed E-state index contributed by atoms with van der Waals surface area (Å²) in [6, 6.07) is 3.83. The maximum Gasteiger partial charge on any atom is 0.404 e. The Morgan fingerprint density at radius 3 is 2.39 bits per heavy atom. The third kappa shape index (κ3) is 4.52. The van der Waals surface area contributed by atoms with E-state index in [1.165, 1.54) is 7.05 Å². The highest BCUT2D eigenvalue weighted by Crippen LogP contribution is 2.30. The predicted molar refractivity (Wildman–Crippen MR) is 99.7 cm³/mol. The Bertz CT molecular complexity index is 1220. The lowest BCUT2D eigenvalue weighted by molar-refractivity contribution is -0.164. The summed E-state index contributed by atoms with van der Waals surface area (Å²) in [4.78, 5) is 11.9. The topological polar surface area (TPSA) is 119 Å². The molecule has 0 saturated heterocycles. The third-order valence-electron chi connectivity index (χ3n) is 4.49. The van der Waals surface area contributed by atoms with Crippen LogP contribution in [0.5, 0.6) is 0 Å². The van der Waals surface area contributed by atoms with Gasteiger partial charge < -0.3 is 9.88 Å². The van der Waals surface area contributed by atoms with Gasteiger partial charge in [-0.15, -0.1) is 0 Å². The van der Waals surface area contributed by atoms with E-state index in [9.17, 15) is 36.0 Å². The average molecular weight is 457 g/mol. The van der Waals surface area contributed by atoms with E-state index in [0.717, 1.165) is 29.0 Å². The van der Waals surface area contributed by atoms with Crippen molar-refractivity contribution in [1.82, 2.24) is 8.87 Å². The van der Waals surface area contributed by atoms with Crippen LogP contribution in [0.1, 0.15) is 28.5 Å². The molecule has 1 aromatic heterocycles. The summed E-state index contributed by atoms with van der Waals surface area (Å²) in [6.45, 7) is 0.640. The molecular formula is C18H15F4N5O3S. The molecule has 0 aliphatic heterocycles. The summed E-state index contributed by atoms with van der Waals surface area (Å²) in [7, 11) is -2.85. The first-order valence-electron chi connectivity index (χ1n) is 8.40. The molecule has 0 unspecified atom stereocenters. The number of sulfonamides is 1. The zero-order chi connectivity index (χ0) is 23.7. The first-order chi connectivity index (χ1) is 14.2. The van der Waals surface area contributed by atoms with E-state index in [4.69, 9.17) is 5.26 Å². The van der Waals surface area contributed by atoms with Gasteiger partial charge in [-0.1, -0.05) is 0 Å². The van der Waals surface area contributed by atoms with E-state index >= 15 is 0 Å². The molecule has 1 heterocycles. The maximum atomic E-state index is 13.4. The van der Waals surface area contributed by atoms with Crippen molar-refractivity contribution in [3.8, 4) is 12.1 Å². The number of hydrogen-bond donors (Lipinski definition) is 1. The van der Waals surface area contributed by atoms with Gasteiger partial charge in [0.05, 0.1) is 5.56 Å². The molecule has 1 N–H and O–H groups in total. The molecule has 0 radical (unpaired) electrons. The Morgan fingerprint density at radius 1 is 1.26 bits per heavy atom. The highest BCUT2D eigenvalue weighted by molar-refractivity contribution is 7.89. The number of aromatic nitrogens is 1. The van der Waals surface area contributed by atoms with E-state index in [2.05, 4.69) is 5.32 Å². The largest absolute Gasteiger partial charge is 0.404 e. The van der Waals surface area contributed by atoms with Gasteiger partial charge >= 0.3 is 6.18 Å². The summed E-state index contributed by atoms with van der Waals surface area (Å²) >= 11 is 0. The molecule has 0 fully saturated rings. The quantitative estimate of drug-likeness (QED) is 0.693. The number of nitrogens with one attached hydrogen (secondary N) is 1. The second-order valence-corrected chi connectivity index (χ2v) is 8.40. The second-order valence-electron chi connectivity index (χ2n) is 6.44. The monoisotopic (exact) mass is 457 g/mol. The Kier molecular flexibility index (Phi) is 6.44. The second kappa shape index (κ2) is 8.37. The zero-order valence-electron chi connectivity index (χ0n) is 16.3. The minimum Gasteiger partial charge on any atom is -0.344 e. The lowest BCUT2D eigenvalue weighted by Crippen LogP contribution is -2.44. The molecule has 2 aromatic rings. The van der Waals surface area contributed by atoms with E-state index in [0.29, 0.717) is 14.0 Å². The smallest absolute Gasteiger partial charge is 0.344 e. The summed E-state index contributed by atoms with van der Waals surface area (Å²) in [5.41, 5.74) is -1.49. The molecule has 8 nitrogen and oxygen atoms in total. The number of amides is 1.